The first-order valence-electron chi connectivity index (χ1n) is 5.42. The zero-order valence-corrected chi connectivity index (χ0v) is 11.8. The highest BCUT2D eigenvalue weighted by molar-refractivity contribution is 7.14. The van der Waals surface area contributed by atoms with E-state index in [1.54, 1.807) is 22.7 Å². The number of thiophene rings is 1. The Labute approximate surface area is 110 Å². The molecule has 0 fully saturated rings. The number of nitriles is 1. The van der Waals surface area contributed by atoms with Gasteiger partial charge in [-0.3, -0.25) is 0 Å². The molecular weight excluding hydrogens is 248 g/mol. The second-order valence-corrected chi connectivity index (χ2v) is 6.59. The zero-order valence-electron chi connectivity index (χ0n) is 10.2. The first kappa shape index (κ1) is 12.3. The van der Waals surface area contributed by atoms with Gasteiger partial charge in [0.25, 0.3) is 0 Å². The fourth-order valence-corrected chi connectivity index (χ4v) is 3.52. The zero-order chi connectivity index (χ0) is 12.5. The molecule has 0 atom stereocenters. The molecule has 0 aliphatic carbocycles. The molecule has 2 rings (SSSR count). The van der Waals surface area contributed by atoms with Gasteiger partial charge in [0, 0.05) is 11.8 Å². The Morgan fingerprint density at radius 2 is 2.18 bits per heavy atom. The molecular formula is C13H14N2S2. The lowest BCUT2D eigenvalue weighted by atomic mass is 9.92. The maximum absolute atomic E-state index is 9.02. The van der Waals surface area contributed by atoms with Crippen LogP contribution in [-0.2, 0) is 6.42 Å². The van der Waals surface area contributed by atoms with Gasteiger partial charge < -0.3 is 0 Å². The third-order valence-electron chi connectivity index (χ3n) is 2.54. The fraction of sp³-hybridized carbons (Fsp3) is 0.385. The fourth-order valence-electron chi connectivity index (χ4n) is 1.55. The predicted molar refractivity (Wildman–Crippen MR) is 73.3 cm³/mol. The molecule has 17 heavy (non-hydrogen) atoms. The van der Waals surface area contributed by atoms with Crippen molar-refractivity contribution in [1.29, 1.82) is 5.26 Å². The van der Waals surface area contributed by atoms with E-state index in [1.807, 2.05) is 13.8 Å². The SMILES string of the molecule is Cc1ccsc1-c1csc(CC(C)(C)C#N)n1. The number of rotatable bonds is 3. The van der Waals surface area contributed by atoms with Gasteiger partial charge in [0.1, 0.15) is 0 Å². The van der Waals surface area contributed by atoms with E-state index in [0.29, 0.717) is 0 Å². The monoisotopic (exact) mass is 262 g/mol. The highest BCUT2D eigenvalue weighted by Gasteiger charge is 2.20. The van der Waals surface area contributed by atoms with E-state index in [1.165, 1.54) is 10.4 Å². The van der Waals surface area contributed by atoms with Crippen molar-refractivity contribution >= 4 is 22.7 Å². The molecule has 0 amide bonds. The lowest BCUT2D eigenvalue weighted by Gasteiger charge is -2.11. The minimum atomic E-state index is -0.334. The Balaban J connectivity index is 2.24. The van der Waals surface area contributed by atoms with Crippen molar-refractivity contribution in [3.8, 4) is 16.6 Å². The molecule has 2 aromatic rings. The van der Waals surface area contributed by atoms with E-state index >= 15 is 0 Å². The van der Waals surface area contributed by atoms with Gasteiger partial charge in [-0.15, -0.1) is 22.7 Å². The Hall–Kier alpha value is -1.18. The summed E-state index contributed by atoms with van der Waals surface area (Å²) in [6.07, 6.45) is 0.721. The number of thiazole rings is 1. The lowest BCUT2D eigenvalue weighted by molar-refractivity contribution is 0.492. The standard InChI is InChI=1S/C13H14N2S2/c1-9-4-5-16-12(9)10-7-17-11(15-10)6-13(2,3)8-14/h4-5,7H,6H2,1-3H3. The van der Waals surface area contributed by atoms with Crippen molar-refractivity contribution in [3.63, 3.8) is 0 Å². The molecule has 0 aliphatic rings. The van der Waals surface area contributed by atoms with E-state index in [0.717, 1.165) is 17.1 Å². The summed E-state index contributed by atoms with van der Waals surface area (Å²) in [5.74, 6) is 0. The van der Waals surface area contributed by atoms with E-state index in [-0.39, 0.29) is 5.41 Å². The third-order valence-corrected chi connectivity index (χ3v) is 4.43. The molecule has 0 aromatic carbocycles. The Morgan fingerprint density at radius 1 is 1.41 bits per heavy atom. The number of hydrogen-bond donors (Lipinski definition) is 0. The topological polar surface area (TPSA) is 36.7 Å². The highest BCUT2D eigenvalue weighted by atomic mass is 32.1. The Morgan fingerprint density at radius 3 is 2.76 bits per heavy atom. The van der Waals surface area contributed by atoms with Crippen LogP contribution in [0.4, 0.5) is 0 Å². The van der Waals surface area contributed by atoms with Gasteiger partial charge in [0.2, 0.25) is 0 Å². The number of hydrogen-bond acceptors (Lipinski definition) is 4. The summed E-state index contributed by atoms with van der Waals surface area (Å²) < 4.78 is 0. The summed E-state index contributed by atoms with van der Waals surface area (Å²) in [4.78, 5) is 5.86. The van der Waals surface area contributed by atoms with Crippen LogP contribution in [0.3, 0.4) is 0 Å². The van der Waals surface area contributed by atoms with Crippen LogP contribution >= 0.6 is 22.7 Å². The molecule has 0 saturated heterocycles. The number of aryl methyl sites for hydroxylation is 1. The minimum absolute atomic E-state index is 0.334. The van der Waals surface area contributed by atoms with Crippen molar-refractivity contribution < 1.29 is 0 Å². The Kier molecular flexibility index (Phi) is 3.32. The van der Waals surface area contributed by atoms with Crippen molar-refractivity contribution in [2.75, 3.05) is 0 Å². The van der Waals surface area contributed by atoms with Crippen LogP contribution in [0.5, 0.6) is 0 Å². The highest BCUT2D eigenvalue weighted by Crippen LogP contribution is 2.31. The maximum Gasteiger partial charge on any atom is 0.0948 e. The van der Waals surface area contributed by atoms with Crippen LogP contribution in [0.2, 0.25) is 0 Å². The van der Waals surface area contributed by atoms with Gasteiger partial charge in [0.15, 0.2) is 0 Å². The first-order valence-corrected chi connectivity index (χ1v) is 7.18. The summed E-state index contributed by atoms with van der Waals surface area (Å²) in [6, 6.07) is 4.42. The summed E-state index contributed by atoms with van der Waals surface area (Å²) in [7, 11) is 0. The third kappa shape index (κ3) is 2.74. The van der Waals surface area contributed by atoms with Crippen LogP contribution in [0, 0.1) is 23.7 Å². The summed E-state index contributed by atoms with van der Waals surface area (Å²) in [5, 5.41) is 14.2. The quantitative estimate of drug-likeness (QED) is 0.828. The molecule has 0 saturated carbocycles. The molecule has 2 nitrogen and oxygen atoms in total. The molecule has 0 N–H and O–H groups in total. The van der Waals surface area contributed by atoms with Gasteiger partial charge >= 0.3 is 0 Å². The maximum atomic E-state index is 9.02. The summed E-state index contributed by atoms with van der Waals surface area (Å²) in [6.45, 7) is 6.00. The normalized spacial score (nSPS) is 11.4. The average molecular weight is 262 g/mol. The minimum Gasteiger partial charge on any atom is -0.240 e. The van der Waals surface area contributed by atoms with E-state index in [9.17, 15) is 0 Å². The smallest absolute Gasteiger partial charge is 0.0948 e. The molecule has 0 radical (unpaired) electrons. The van der Waals surface area contributed by atoms with E-state index < -0.39 is 0 Å². The van der Waals surface area contributed by atoms with Crippen LogP contribution in [0.1, 0.15) is 24.4 Å². The number of aromatic nitrogens is 1. The first-order chi connectivity index (χ1) is 8.02. The molecule has 0 aliphatic heterocycles. The van der Waals surface area contributed by atoms with Crippen LogP contribution in [-0.4, -0.2) is 4.98 Å². The summed E-state index contributed by atoms with van der Waals surface area (Å²) >= 11 is 3.36. The van der Waals surface area contributed by atoms with E-state index in [2.05, 4.69) is 34.8 Å². The molecule has 2 aromatic heterocycles. The van der Waals surface area contributed by atoms with E-state index in [4.69, 9.17) is 5.26 Å². The lowest BCUT2D eigenvalue weighted by Crippen LogP contribution is -2.11. The number of nitrogens with zero attached hydrogens (tertiary/aromatic N) is 2. The predicted octanol–water partition coefficient (Wildman–Crippen LogP) is 4.27. The molecule has 4 heteroatoms. The largest absolute Gasteiger partial charge is 0.240 e. The molecule has 2 heterocycles. The van der Waals surface area contributed by atoms with Crippen molar-refractivity contribution in [1.82, 2.24) is 4.98 Å². The van der Waals surface area contributed by atoms with Crippen LogP contribution < -0.4 is 0 Å². The van der Waals surface area contributed by atoms with Gasteiger partial charge in [0.05, 0.1) is 27.1 Å². The van der Waals surface area contributed by atoms with Gasteiger partial charge in [-0.1, -0.05) is 0 Å². The van der Waals surface area contributed by atoms with Gasteiger partial charge in [-0.05, 0) is 37.8 Å². The van der Waals surface area contributed by atoms with Crippen molar-refractivity contribution in [2.24, 2.45) is 5.41 Å². The van der Waals surface area contributed by atoms with Gasteiger partial charge in [-0.25, -0.2) is 4.98 Å². The van der Waals surface area contributed by atoms with Crippen LogP contribution in [0.15, 0.2) is 16.8 Å². The Bertz CT molecular complexity index is 558. The second-order valence-electron chi connectivity index (χ2n) is 4.73. The van der Waals surface area contributed by atoms with Crippen molar-refractivity contribution in [3.05, 3.63) is 27.4 Å². The average Bonchev–Trinajstić information content (AvgIpc) is 2.86. The van der Waals surface area contributed by atoms with Gasteiger partial charge in [-0.2, -0.15) is 5.26 Å². The molecule has 0 unspecified atom stereocenters. The molecule has 0 spiro atoms. The van der Waals surface area contributed by atoms with Crippen molar-refractivity contribution in [2.45, 2.75) is 27.2 Å². The molecule has 88 valence electrons. The van der Waals surface area contributed by atoms with Crippen LogP contribution in [0.25, 0.3) is 10.6 Å². The second kappa shape index (κ2) is 4.59. The molecule has 0 bridgehead atoms. The summed E-state index contributed by atoms with van der Waals surface area (Å²) in [5.41, 5.74) is 1.98.